The Kier molecular flexibility index (Phi) is 4.98. The standard InChI is InChI=1S/C15H22ClNO3S/c1-10-5-14(7-16)6-15(13(10)4)21(18,19)17-8-11(2)20-12(3)9-17/h5-6,11-12H,7-9H2,1-4H3/t11-,12+. The van der Waals surface area contributed by atoms with Gasteiger partial charge in [0, 0.05) is 19.0 Å². The van der Waals surface area contributed by atoms with Gasteiger partial charge in [-0.3, -0.25) is 0 Å². The molecular weight excluding hydrogens is 310 g/mol. The van der Waals surface area contributed by atoms with Crippen molar-refractivity contribution in [1.82, 2.24) is 4.31 Å². The maximum absolute atomic E-state index is 12.9. The molecule has 0 bridgehead atoms. The average molecular weight is 332 g/mol. The molecule has 118 valence electrons. The van der Waals surface area contributed by atoms with Gasteiger partial charge in [-0.1, -0.05) is 6.07 Å². The molecule has 0 unspecified atom stereocenters. The molecule has 4 nitrogen and oxygen atoms in total. The highest BCUT2D eigenvalue weighted by atomic mass is 35.5. The molecule has 1 fully saturated rings. The van der Waals surface area contributed by atoms with Crippen LogP contribution in [0.25, 0.3) is 0 Å². The van der Waals surface area contributed by atoms with Gasteiger partial charge in [0.15, 0.2) is 0 Å². The van der Waals surface area contributed by atoms with Crippen molar-refractivity contribution in [1.29, 1.82) is 0 Å². The van der Waals surface area contributed by atoms with Gasteiger partial charge in [-0.25, -0.2) is 8.42 Å². The third-order valence-corrected chi connectivity index (χ3v) is 6.10. The highest BCUT2D eigenvalue weighted by Gasteiger charge is 2.33. The topological polar surface area (TPSA) is 46.6 Å². The smallest absolute Gasteiger partial charge is 0.243 e. The quantitative estimate of drug-likeness (QED) is 0.800. The number of halogens is 1. The lowest BCUT2D eigenvalue weighted by Crippen LogP contribution is -2.48. The SMILES string of the molecule is Cc1cc(CCl)cc(S(=O)(=O)N2C[C@@H](C)O[C@@H](C)C2)c1C. The van der Waals surface area contributed by atoms with Crippen LogP contribution < -0.4 is 0 Å². The van der Waals surface area contributed by atoms with E-state index in [1.54, 1.807) is 6.07 Å². The van der Waals surface area contributed by atoms with Crippen LogP contribution in [0.4, 0.5) is 0 Å². The second-order valence-corrected chi connectivity index (χ2v) is 7.92. The minimum atomic E-state index is -3.52. The van der Waals surface area contributed by atoms with Crippen molar-refractivity contribution in [3.63, 3.8) is 0 Å². The van der Waals surface area contributed by atoms with Crippen LogP contribution in [-0.2, 0) is 20.6 Å². The minimum absolute atomic E-state index is 0.0962. The molecule has 0 saturated carbocycles. The van der Waals surface area contributed by atoms with Gasteiger partial charge < -0.3 is 4.74 Å². The summed E-state index contributed by atoms with van der Waals surface area (Å²) in [6.07, 6.45) is -0.192. The summed E-state index contributed by atoms with van der Waals surface area (Å²) in [5, 5.41) is 0. The Morgan fingerprint density at radius 1 is 1.24 bits per heavy atom. The number of benzene rings is 1. The van der Waals surface area contributed by atoms with Gasteiger partial charge in [-0.05, 0) is 50.5 Å². The van der Waals surface area contributed by atoms with Crippen LogP contribution in [0, 0.1) is 13.8 Å². The first-order chi connectivity index (χ1) is 9.75. The van der Waals surface area contributed by atoms with E-state index in [2.05, 4.69) is 0 Å². The molecule has 2 rings (SSSR count). The van der Waals surface area contributed by atoms with Gasteiger partial charge in [-0.15, -0.1) is 11.6 Å². The lowest BCUT2D eigenvalue weighted by molar-refractivity contribution is -0.0440. The zero-order valence-corrected chi connectivity index (χ0v) is 14.5. The van der Waals surface area contributed by atoms with E-state index in [9.17, 15) is 8.42 Å². The number of nitrogens with zero attached hydrogens (tertiary/aromatic N) is 1. The predicted molar refractivity (Wildman–Crippen MR) is 84.2 cm³/mol. The van der Waals surface area contributed by atoms with Crippen molar-refractivity contribution in [2.75, 3.05) is 13.1 Å². The van der Waals surface area contributed by atoms with Gasteiger partial charge in [0.1, 0.15) is 0 Å². The fraction of sp³-hybridized carbons (Fsp3) is 0.600. The highest BCUT2D eigenvalue weighted by Crippen LogP contribution is 2.27. The molecule has 0 aliphatic carbocycles. The van der Waals surface area contributed by atoms with Crippen LogP contribution in [0.5, 0.6) is 0 Å². The predicted octanol–water partition coefficient (Wildman–Crippen LogP) is 2.84. The van der Waals surface area contributed by atoms with Crippen molar-refractivity contribution in [2.24, 2.45) is 0 Å². The van der Waals surface area contributed by atoms with E-state index in [-0.39, 0.29) is 12.2 Å². The molecule has 0 spiro atoms. The summed E-state index contributed by atoms with van der Waals surface area (Å²) in [7, 11) is -3.52. The molecule has 0 aromatic heterocycles. The number of hydrogen-bond acceptors (Lipinski definition) is 3. The monoisotopic (exact) mass is 331 g/mol. The van der Waals surface area contributed by atoms with Crippen molar-refractivity contribution in [3.8, 4) is 0 Å². The molecule has 0 amide bonds. The summed E-state index contributed by atoms with van der Waals surface area (Å²) in [6.45, 7) is 8.31. The molecule has 0 radical (unpaired) electrons. The zero-order chi connectivity index (χ0) is 15.8. The van der Waals surface area contributed by atoms with E-state index in [0.29, 0.717) is 23.9 Å². The van der Waals surface area contributed by atoms with Crippen LogP contribution in [0.2, 0.25) is 0 Å². The molecule has 1 aromatic carbocycles. The second kappa shape index (κ2) is 6.24. The zero-order valence-electron chi connectivity index (χ0n) is 12.9. The maximum atomic E-state index is 12.9. The van der Waals surface area contributed by atoms with Crippen LogP contribution >= 0.6 is 11.6 Å². The number of alkyl halides is 1. The summed E-state index contributed by atoms with van der Waals surface area (Å²) in [5.41, 5.74) is 2.56. The molecule has 6 heteroatoms. The Balaban J connectivity index is 2.46. The average Bonchev–Trinajstić information content (AvgIpc) is 2.40. The van der Waals surface area contributed by atoms with Crippen LogP contribution in [0.3, 0.4) is 0 Å². The molecule has 1 aromatic rings. The fourth-order valence-corrected chi connectivity index (χ4v) is 4.80. The van der Waals surface area contributed by atoms with Gasteiger partial charge in [0.25, 0.3) is 0 Å². The highest BCUT2D eigenvalue weighted by molar-refractivity contribution is 7.89. The summed E-state index contributed by atoms with van der Waals surface area (Å²) < 4.78 is 33.0. The third kappa shape index (κ3) is 3.42. The molecule has 1 aliphatic rings. The van der Waals surface area contributed by atoms with Crippen molar-refractivity contribution >= 4 is 21.6 Å². The number of aryl methyl sites for hydroxylation is 1. The number of morpholine rings is 1. The first kappa shape index (κ1) is 16.7. The molecule has 1 aliphatic heterocycles. The van der Waals surface area contributed by atoms with Gasteiger partial charge in [0.2, 0.25) is 10.0 Å². The van der Waals surface area contributed by atoms with E-state index in [1.807, 2.05) is 33.8 Å². The Morgan fingerprint density at radius 3 is 2.33 bits per heavy atom. The van der Waals surface area contributed by atoms with E-state index < -0.39 is 10.0 Å². The van der Waals surface area contributed by atoms with Crippen molar-refractivity contribution < 1.29 is 13.2 Å². The Morgan fingerprint density at radius 2 is 1.81 bits per heavy atom. The molecule has 21 heavy (non-hydrogen) atoms. The van der Waals surface area contributed by atoms with E-state index in [1.165, 1.54) is 4.31 Å². The number of sulfonamides is 1. The third-order valence-electron chi connectivity index (χ3n) is 3.84. The summed E-state index contributed by atoms with van der Waals surface area (Å²) in [6, 6.07) is 3.63. The second-order valence-electron chi connectivity index (χ2n) is 5.75. The normalized spacial score (nSPS) is 24.2. The number of ether oxygens (including phenoxy) is 1. The lowest BCUT2D eigenvalue weighted by Gasteiger charge is -2.34. The molecule has 1 heterocycles. The Hall–Kier alpha value is -0.620. The molecule has 1 saturated heterocycles. The molecule has 2 atom stereocenters. The summed E-state index contributed by atoms with van der Waals surface area (Å²) >= 11 is 5.88. The van der Waals surface area contributed by atoms with Crippen LogP contribution in [0.1, 0.15) is 30.5 Å². The Labute approximate surface area is 132 Å². The number of rotatable bonds is 3. The molecule has 0 N–H and O–H groups in total. The first-order valence-electron chi connectivity index (χ1n) is 7.07. The fourth-order valence-electron chi connectivity index (χ4n) is 2.71. The van der Waals surface area contributed by atoms with Gasteiger partial charge in [-0.2, -0.15) is 4.31 Å². The molecular formula is C15H22ClNO3S. The van der Waals surface area contributed by atoms with Crippen molar-refractivity contribution in [3.05, 3.63) is 28.8 Å². The summed E-state index contributed by atoms with van der Waals surface area (Å²) in [5.74, 6) is 0.305. The van der Waals surface area contributed by atoms with Crippen molar-refractivity contribution in [2.45, 2.75) is 50.7 Å². The summed E-state index contributed by atoms with van der Waals surface area (Å²) in [4.78, 5) is 0.361. The number of hydrogen-bond donors (Lipinski definition) is 0. The largest absolute Gasteiger partial charge is 0.373 e. The van der Waals surface area contributed by atoms with Gasteiger partial charge >= 0.3 is 0 Å². The van der Waals surface area contributed by atoms with E-state index in [4.69, 9.17) is 16.3 Å². The minimum Gasteiger partial charge on any atom is -0.373 e. The lowest BCUT2D eigenvalue weighted by atomic mass is 10.1. The van der Waals surface area contributed by atoms with Crippen LogP contribution in [0.15, 0.2) is 17.0 Å². The maximum Gasteiger partial charge on any atom is 0.243 e. The first-order valence-corrected chi connectivity index (χ1v) is 9.05. The van der Waals surface area contributed by atoms with Gasteiger partial charge in [0.05, 0.1) is 17.1 Å². The van der Waals surface area contributed by atoms with E-state index in [0.717, 1.165) is 16.7 Å². The van der Waals surface area contributed by atoms with E-state index >= 15 is 0 Å². The van der Waals surface area contributed by atoms with Crippen LogP contribution in [-0.4, -0.2) is 38.0 Å². The Bertz CT molecular complexity index is 620.